The Balaban J connectivity index is 2.37. The van der Waals surface area contributed by atoms with Crippen molar-refractivity contribution in [3.8, 4) is 0 Å². The van der Waals surface area contributed by atoms with Gasteiger partial charge in [-0.15, -0.1) is 0 Å². The van der Waals surface area contributed by atoms with Crippen molar-refractivity contribution >= 4 is 44.9 Å². The molecule has 0 aromatic heterocycles. The van der Waals surface area contributed by atoms with E-state index in [-0.39, 0.29) is 11.3 Å². The number of sulfonamides is 1. The summed E-state index contributed by atoms with van der Waals surface area (Å²) in [7, 11) is -2.52. The molecule has 9 heteroatoms. The van der Waals surface area contributed by atoms with Gasteiger partial charge in [0.1, 0.15) is 6.04 Å². The molecule has 2 aromatic rings. The number of nitrogens with zero attached hydrogens (tertiary/aromatic N) is 1. The van der Waals surface area contributed by atoms with Crippen LogP contribution in [0.5, 0.6) is 0 Å². The predicted molar refractivity (Wildman–Crippen MR) is 114 cm³/mol. The number of carbonyl (C=O) groups excluding carboxylic acids is 2. The van der Waals surface area contributed by atoms with Crippen molar-refractivity contribution in [3.05, 3.63) is 58.1 Å². The molecule has 0 heterocycles. The molecule has 0 unspecified atom stereocenters. The zero-order valence-electron chi connectivity index (χ0n) is 16.8. The number of amides is 1. The Hall–Kier alpha value is -2.58. The summed E-state index contributed by atoms with van der Waals surface area (Å²) in [4.78, 5) is 24.6. The molecule has 1 amide bonds. The Morgan fingerprint density at radius 2 is 1.72 bits per heavy atom. The van der Waals surface area contributed by atoms with E-state index in [0.29, 0.717) is 16.3 Å². The van der Waals surface area contributed by atoms with E-state index < -0.39 is 27.9 Å². The van der Waals surface area contributed by atoms with Crippen LogP contribution in [0.2, 0.25) is 5.02 Å². The van der Waals surface area contributed by atoms with Gasteiger partial charge in [0.05, 0.1) is 24.6 Å². The summed E-state index contributed by atoms with van der Waals surface area (Å²) >= 11 is 6.14. The lowest BCUT2D eigenvalue weighted by Gasteiger charge is -2.28. The minimum Gasteiger partial charge on any atom is -0.465 e. The fourth-order valence-corrected chi connectivity index (χ4v) is 4.11. The predicted octanol–water partition coefficient (Wildman–Crippen LogP) is 3.54. The van der Waals surface area contributed by atoms with Crippen molar-refractivity contribution in [2.75, 3.05) is 23.0 Å². The monoisotopic (exact) mass is 438 g/mol. The van der Waals surface area contributed by atoms with Crippen molar-refractivity contribution in [1.82, 2.24) is 0 Å². The second-order valence-corrected chi connectivity index (χ2v) is 8.95. The minimum atomic E-state index is -3.78. The third-order valence-electron chi connectivity index (χ3n) is 4.41. The van der Waals surface area contributed by atoms with Crippen molar-refractivity contribution in [1.29, 1.82) is 0 Å². The molecule has 7 nitrogen and oxygen atoms in total. The van der Waals surface area contributed by atoms with Crippen molar-refractivity contribution in [3.63, 3.8) is 0 Å². The van der Waals surface area contributed by atoms with Crippen molar-refractivity contribution < 1.29 is 22.7 Å². The lowest BCUT2D eigenvalue weighted by molar-refractivity contribution is -0.116. The van der Waals surface area contributed by atoms with E-state index >= 15 is 0 Å². The number of aryl methyl sites for hydroxylation is 2. The average molecular weight is 439 g/mol. The molecule has 0 fully saturated rings. The molecule has 1 atom stereocenters. The molecule has 0 aliphatic heterocycles. The maximum Gasteiger partial charge on any atom is 0.337 e. The highest BCUT2D eigenvalue weighted by Crippen LogP contribution is 2.27. The van der Waals surface area contributed by atoms with Gasteiger partial charge in [-0.1, -0.05) is 23.7 Å². The molecule has 2 aromatic carbocycles. The summed E-state index contributed by atoms with van der Waals surface area (Å²) in [5, 5.41) is 3.09. The number of halogens is 1. The highest BCUT2D eigenvalue weighted by Gasteiger charge is 2.30. The summed E-state index contributed by atoms with van der Waals surface area (Å²) in [5.41, 5.74) is 2.44. The standard InChI is InChI=1S/C20H23ClN2O5S/c1-12-7-9-16(11-17(12)21)23(29(5,26)27)14(3)19(24)22-18-10-15(20(25)28-4)8-6-13(18)2/h6-11,14H,1-5H3,(H,22,24)/t14-/m0/s1. The van der Waals surface area contributed by atoms with Crippen LogP contribution in [0.3, 0.4) is 0 Å². The van der Waals surface area contributed by atoms with E-state index in [2.05, 4.69) is 5.32 Å². The van der Waals surface area contributed by atoms with Crippen LogP contribution in [-0.2, 0) is 19.6 Å². The van der Waals surface area contributed by atoms with Gasteiger partial charge in [-0.05, 0) is 56.2 Å². The van der Waals surface area contributed by atoms with E-state index in [9.17, 15) is 18.0 Å². The van der Waals surface area contributed by atoms with Crippen molar-refractivity contribution in [2.45, 2.75) is 26.8 Å². The molecule has 1 N–H and O–H groups in total. The molecule has 0 aliphatic rings. The number of hydrogen-bond acceptors (Lipinski definition) is 5. The van der Waals surface area contributed by atoms with Gasteiger partial charge in [-0.25, -0.2) is 13.2 Å². The number of anilines is 2. The molecule has 0 aliphatic carbocycles. The first-order valence-electron chi connectivity index (χ1n) is 8.71. The van der Waals surface area contributed by atoms with E-state index in [1.165, 1.54) is 26.2 Å². The molecule has 0 saturated heterocycles. The molecule has 0 radical (unpaired) electrons. The van der Waals surface area contributed by atoms with Gasteiger partial charge >= 0.3 is 5.97 Å². The SMILES string of the molecule is COC(=O)c1ccc(C)c(NC(=O)[C@H](C)N(c2ccc(C)c(Cl)c2)S(C)(=O)=O)c1. The van der Waals surface area contributed by atoms with E-state index in [1.807, 2.05) is 0 Å². The normalized spacial score (nSPS) is 12.2. The maximum atomic E-state index is 12.9. The Morgan fingerprint density at radius 1 is 1.10 bits per heavy atom. The van der Waals surface area contributed by atoms with Crippen LogP contribution in [0.15, 0.2) is 36.4 Å². The number of benzene rings is 2. The summed E-state index contributed by atoms with van der Waals surface area (Å²) in [6.45, 7) is 5.03. The molecule has 0 saturated carbocycles. The topological polar surface area (TPSA) is 92.8 Å². The second kappa shape index (κ2) is 8.84. The van der Waals surface area contributed by atoms with E-state index in [4.69, 9.17) is 16.3 Å². The van der Waals surface area contributed by atoms with Gasteiger partial charge < -0.3 is 10.1 Å². The van der Waals surface area contributed by atoms with Crippen LogP contribution < -0.4 is 9.62 Å². The summed E-state index contributed by atoms with van der Waals surface area (Å²) in [5.74, 6) is -1.10. The number of ether oxygens (including phenoxy) is 1. The van der Waals surface area contributed by atoms with Crippen molar-refractivity contribution in [2.24, 2.45) is 0 Å². The number of carbonyl (C=O) groups is 2. The summed E-state index contributed by atoms with van der Waals surface area (Å²) in [6.07, 6.45) is 1.02. The van der Waals surface area contributed by atoms with Crippen LogP contribution in [0.4, 0.5) is 11.4 Å². The number of nitrogens with one attached hydrogen (secondary N) is 1. The first-order chi connectivity index (χ1) is 13.5. The largest absolute Gasteiger partial charge is 0.465 e. The van der Waals surface area contributed by atoms with Gasteiger partial charge in [0.25, 0.3) is 0 Å². The average Bonchev–Trinajstić information content (AvgIpc) is 2.64. The number of esters is 1. The zero-order chi connectivity index (χ0) is 21.9. The third-order valence-corrected chi connectivity index (χ3v) is 6.06. The van der Waals surface area contributed by atoms with E-state index in [0.717, 1.165) is 16.1 Å². The number of hydrogen-bond donors (Lipinski definition) is 1. The summed E-state index contributed by atoms with van der Waals surface area (Å²) < 4.78 is 30.5. The lowest BCUT2D eigenvalue weighted by atomic mass is 10.1. The van der Waals surface area contributed by atoms with Crippen LogP contribution >= 0.6 is 11.6 Å². The third kappa shape index (κ3) is 5.27. The quantitative estimate of drug-likeness (QED) is 0.696. The van der Waals surface area contributed by atoms with Crippen LogP contribution in [0, 0.1) is 13.8 Å². The fraction of sp³-hybridized carbons (Fsp3) is 0.300. The zero-order valence-corrected chi connectivity index (χ0v) is 18.4. The number of methoxy groups -OCH3 is 1. The highest BCUT2D eigenvalue weighted by atomic mass is 35.5. The van der Waals surface area contributed by atoms with Gasteiger partial charge in [0, 0.05) is 10.7 Å². The Bertz CT molecular complexity index is 1050. The molecule has 2 rings (SSSR count). The molecule has 0 bridgehead atoms. The van der Waals surface area contributed by atoms with Gasteiger partial charge in [0.15, 0.2) is 0 Å². The Kier molecular flexibility index (Phi) is 6.92. The molecule has 0 spiro atoms. The Morgan fingerprint density at radius 3 is 2.28 bits per heavy atom. The maximum absolute atomic E-state index is 12.9. The molecular weight excluding hydrogens is 416 g/mol. The second-order valence-electron chi connectivity index (χ2n) is 6.68. The highest BCUT2D eigenvalue weighted by molar-refractivity contribution is 7.92. The first-order valence-corrected chi connectivity index (χ1v) is 10.9. The van der Waals surface area contributed by atoms with E-state index in [1.54, 1.807) is 38.1 Å². The minimum absolute atomic E-state index is 0.270. The summed E-state index contributed by atoms with van der Waals surface area (Å²) in [6, 6.07) is 8.45. The van der Waals surface area contributed by atoms with Gasteiger partial charge in [0.2, 0.25) is 15.9 Å². The molecular formula is C20H23ClN2O5S. The van der Waals surface area contributed by atoms with Gasteiger partial charge in [-0.2, -0.15) is 0 Å². The Labute approximate surface area is 175 Å². The first kappa shape index (κ1) is 22.7. The van der Waals surface area contributed by atoms with Crippen LogP contribution in [-0.4, -0.2) is 39.7 Å². The smallest absolute Gasteiger partial charge is 0.337 e. The van der Waals surface area contributed by atoms with Gasteiger partial charge in [-0.3, -0.25) is 9.10 Å². The number of rotatable bonds is 6. The lowest BCUT2D eigenvalue weighted by Crippen LogP contribution is -2.45. The molecule has 29 heavy (non-hydrogen) atoms. The van der Waals surface area contributed by atoms with Crippen LogP contribution in [0.1, 0.15) is 28.4 Å². The molecule has 156 valence electrons. The fourth-order valence-electron chi connectivity index (χ4n) is 2.77. The van der Waals surface area contributed by atoms with Crippen LogP contribution in [0.25, 0.3) is 0 Å².